The molecule has 2 atom stereocenters. The predicted octanol–water partition coefficient (Wildman–Crippen LogP) is 2.20. The smallest absolute Gasteiger partial charge is 0.129 e. The number of anilines is 1. The van der Waals surface area contributed by atoms with Crippen molar-refractivity contribution < 1.29 is 4.74 Å². The van der Waals surface area contributed by atoms with Crippen LogP contribution < -0.4 is 10.6 Å². The number of nitrogens with zero attached hydrogens (tertiary/aromatic N) is 2. The van der Waals surface area contributed by atoms with Gasteiger partial charge in [-0.2, -0.15) is 0 Å². The van der Waals surface area contributed by atoms with Crippen LogP contribution >= 0.6 is 11.6 Å². The quantitative estimate of drug-likeness (QED) is 0.914. The molecule has 0 aromatic carbocycles. The summed E-state index contributed by atoms with van der Waals surface area (Å²) in [6.07, 6.45) is 2.95. The monoisotopic (exact) mass is 269 g/mol. The maximum absolute atomic E-state index is 6.05. The normalized spacial score (nSPS) is 24.3. The minimum atomic E-state index is 0.228. The van der Waals surface area contributed by atoms with Gasteiger partial charge in [-0.25, -0.2) is 4.98 Å². The summed E-state index contributed by atoms with van der Waals surface area (Å²) in [5, 5.41) is 0.635. The standard InChI is InChI=1S/C13H20ClN3O/c1-3-11-8-18-9(2)7-17(11)13-4-10(5-15)12(14)6-16-13/h4,6,9,11H,3,5,7-8,15H2,1-2H3. The van der Waals surface area contributed by atoms with Crippen LogP contribution in [0.2, 0.25) is 5.02 Å². The molecule has 1 aromatic heterocycles. The van der Waals surface area contributed by atoms with E-state index >= 15 is 0 Å². The Hall–Kier alpha value is -0.840. The van der Waals surface area contributed by atoms with Crippen molar-refractivity contribution in [1.29, 1.82) is 0 Å². The Labute approximate surface area is 113 Å². The first-order valence-corrected chi connectivity index (χ1v) is 6.76. The third-order valence-electron chi connectivity index (χ3n) is 3.37. The molecule has 2 N–H and O–H groups in total. The van der Waals surface area contributed by atoms with E-state index in [0.717, 1.165) is 31.0 Å². The lowest BCUT2D eigenvalue weighted by Crippen LogP contribution is -2.49. The molecule has 2 unspecified atom stereocenters. The van der Waals surface area contributed by atoms with Gasteiger partial charge in [-0.15, -0.1) is 0 Å². The molecular formula is C13H20ClN3O. The van der Waals surface area contributed by atoms with Crippen LogP contribution in [0.3, 0.4) is 0 Å². The molecule has 1 aromatic rings. The first-order chi connectivity index (χ1) is 8.65. The Bertz CT molecular complexity index is 413. The maximum atomic E-state index is 6.05. The summed E-state index contributed by atoms with van der Waals surface area (Å²) in [6, 6.07) is 2.36. The Morgan fingerprint density at radius 1 is 1.61 bits per heavy atom. The van der Waals surface area contributed by atoms with E-state index in [4.69, 9.17) is 22.1 Å². The Morgan fingerprint density at radius 2 is 2.39 bits per heavy atom. The van der Waals surface area contributed by atoms with Gasteiger partial charge in [-0.1, -0.05) is 18.5 Å². The Kier molecular flexibility index (Phi) is 4.43. The maximum Gasteiger partial charge on any atom is 0.129 e. The molecule has 0 bridgehead atoms. The lowest BCUT2D eigenvalue weighted by atomic mass is 10.1. The van der Waals surface area contributed by atoms with Gasteiger partial charge in [-0.05, 0) is 25.0 Å². The van der Waals surface area contributed by atoms with Gasteiger partial charge in [0, 0.05) is 19.3 Å². The average molecular weight is 270 g/mol. The molecular weight excluding hydrogens is 250 g/mol. The molecule has 1 aliphatic rings. The highest BCUT2D eigenvalue weighted by atomic mass is 35.5. The van der Waals surface area contributed by atoms with Crippen molar-refractivity contribution in [3.8, 4) is 0 Å². The number of morpholine rings is 1. The van der Waals surface area contributed by atoms with Gasteiger partial charge in [-0.3, -0.25) is 0 Å². The van der Waals surface area contributed by atoms with Crippen LogP contribution in [0, 0.1) is 0 Å². The minimum absolute atomic E-state index is 0.228. The molecule has 100 valence electrons. The van der Waals surface area contributed by atoms with Gasteiger partial charge < -0.3 is 15.4 Å². The van der Waals surface area contributed by atoms with E-state index in [-0.39, 0.29) is 6.10 Å². The van der Waals surface area contributed by atoms with Crippen LogP contribution in [0.15, 0.2) is 12.3 Å². The molecule has 0 saturated carbocycles. The number of hydrogen-bond donors (Lipinski definition) is 1. The van der Waals surface area contributed by atoms with E-state index < -0.39 is 0 Å². The molecule has 1 aliphatic heterocycles. The SMILES string of the molecule is CCC1COC(C)CN1c1cc(CN)c(Cl)cn1. The van der Waals surface area contributed by atoms with Crippen LogP contribution in [-0.4, -0.2) is 30.3 Å². The minimum Gasteiger partial charge on any atom is -0.375 e. The van der Waals surface area contributed by atoms with Gasteiger partial charge >= 0.3 is 0 Å². The number of aromatic nitrogens is 1. The second-order valence-corrected chi connectivity index (χ2v) is 5.10. The average Bonchev–Trinajstić information content (AvgIpc) is 2.39. The van der Waals surface area contributed by atoms with Crippen LogP contribution in [0.25, 0.3) is 0 Å². The second kappa shape index (κ2) is 5.87. The fraction of sp³-hybridized carbons (Fsp3) is 0.615. The first-order valence-electron chi connectivity index (χ1n) is 6.38. The number of pyridine rings is 1. The van der Waals surface area contributed by atoms with E-state index in [0.29, 0.717) is 17.6 Å². The molecule has 5 heteroatoms. The van der Waals surface area contributed by atoms with Crippen molar-refractivity contribution in [2.24, 2.45) is 5.73 Å². The lowest BCUT2D eigenvalue weighted by Gasteiger charge is -2.39. The zero-order chi connectivity index (χ0) is 13.1. The topological polar surface area (TPSA) is 51.4 Å². The zero-order valence-corrected chi connectivity index (χ0v) is 11.7. The molecule has 18 heavy (non-hydrogen) atoms. The molecule has 1 fully saturated rings. The summed E-state index contributed by atoms with van der Waals surface area (Å²) in [6.45, 7) is 6.29. The van der Waals surface area contributed by atoms with Crippen molar-refractivity contribution in [3.63, 3.8) is 0 Å². The van der Waals surface area contributed by atoms with Crippen LogP contribution in [0.4, 0.5) is 5.82 Å². The van der Waals surface area contributed by atoms with Gasteiger partial charge in [0.25, 0.3) is 0 Å². The largest absolute Gasteiger partial charge is 0.375 e. The van der Waals surface area contributed by atoms with Crippen LogP contribution in [-0.2, 0) is 11.3 Å². The van der Waals surface area contributed by atoms with E-state index in [9.17, 15) is 0 Å². The summed E-state index contributed by atoms with van der Waals surface area (Å²) >= 11 is 6.05. The molecule has 1 saturated heterocycles. The van der Waals surface area contributed by atoms with E-state index in [1.165, 1.54) is 0 Å². The fourth-order valence-corrected chi connectivity index (χ4v) is 2.42. The van der Waals surface area contributed by atoms with Crippen LogP contribution in [0.5, 0.6) is 0 Å². The van der Waals surface area contributed by atoms with Crippen molar-refractivity contribution >= 4 is 17.4 Å². The summed E-state index contributed by atoms with van der Waals surface area (Å²) in [5.41, 5.74) is 6.63. The van der Waals surface area contributed by atoms with Crippen molar-refractivity contribution in [2.75, 3.05) is 18.1 Å². The van der Waals surface area contributed by atoms with Crippen molar-refractivity contribution in [3.05, 3.63) is 22.8 Å². The van der Waals surface area contributed by atoms with E-state index in [2.05, 4.69) is 23.7 Å². The van der Waals surface area contributed by atoms with Gasteiger partial charge in [0.2, 0.25) is 0 Å². The van der Waals surface area contributed by atoms with Crippen molar-refractivity contribution in [2.45, 2.75) is 39.0 Å². The summed E-state index contributed by atoms with van der Waals surface area (Å²) in [7, 11) is 0. The van der Waals surface area contributed by atoms with Crippen molar-refractivity contribution in [1.82, 2.24) is 4.98 Å². The predicted molar refractivity (Wildman–Crippen MR) is 74.0 cm³/mol. The summed E-state index contributed by atoms with van der Waals surface area (Å²) in [5.74, 6) is 0.946. The molecule has 0 radical (unpaired) electrons. The number of halogens is 1. The van der Waals surface area contributed by atoms with Gasteiger partial charge in [0.05, 0.1) is 23.8 Å². The molecule has 2 rings (SSSR count). The van der Waals surface area contributed by atoms with E-state index in [1.54, 1.807) is 6.20 Å². The number of hydrogen-bond acceptors (Lipinski definition) is 4. The molecule has 0 spiro atoms. The fourth-order valence-electron chi connectivity index (χ4n) is 2.24. The molecule has 0 aliphatic carbocycles. The molecule has 2 heterocycles. The molecule has 0 amide bonds. The lowest BCUT2D eigenvalue weighted by molar-refractivity contribution is 0.0296. The molecule has 4 nitrogen and oxygen atoms in total. The van der Waals surface area contributed by atoms with Crippen LogP contribution in [0.1, 0.15) is 25.8 Å². The number of rotatable bonds is 3. The van der Waals surface area contributed by atoms with Gasteiger partial charge in [0.15, 0.2) is 0 Å². The Balaban J connectivity index is 2.27. The highest BCUT2D eigenvalue weighted by Gasteiger charge is 2.26. The number of nitrogens with two attached hydrogens (primary N) is 1. The first kappa shape index (κ1) is 13.6. The summed E-state index contributed by atoms with van der Waals surface area (Å²) in [4.78, 5) is 6.72. The summed E-state index contributed by atoms with van der Waals surface area (Å²) < 4.78 is 5.69. The highest BCUT2D eigenvalue weighted by Crippen LogP contribution is 2.25. The Morgan fingerprint density at radius 3 is 3.06 bits per heavy atom. The zero-order valence-electron chi connectivity index (χ0n) is 10.9. The van der Waals surface area contributed by atoms with Gasteiger partial charge in [0.1, 0.15) is 5.82 Å². The number of ether oxygens (including phenoxy) is 1. The van der Waals surface area contributed by atoms with E-state index in [1.807, 2.05) is 6.07 Å². The highest BCUT2D eigenvalue weighted by molar-refractivity contribution is 6.31. The third-order valence-corrected chi connectivity index (χ3v) is 3.71. The second-order valence-electron chi connectivity index (χ2n) is 4.70. The third kappa shape index (κ3) is 2.76.